The van der Waals surface area contributed by atoms with Crippen molar-refractivity contribution in [3.05, 3.63) is 66.0 Å². The van der Waals surface area contributed by atoms with Gasteiger partial charge in [-0.3, -0.25) is 9.74 Å². The Kier molecular flexibility index (Phi) is 8.41. The average Bonchev–Trinajstić information content (AvgIpc) is 3.50. The maximum Gasteiger partial charge on any atom is 0.164 e. The molecule has 11 heteroatoms. The summed E-state index contributed by atoms with van der Waals surface area (Å²) in [6.07, 6.45) is 4.24. The van der Waals surface area contributed by atoms with Crippen LogP contribution in [-0.2, 0) is 4.84 Å². The molecule has 0 aliphatic carbocycles. The van der Waals surface area contributed by atoms with Crippen molar-refractivity contribution in [2.24, 2.45) is 0 Å². The van der Waals surface area contributed by atoms with Gasteiger partial charge in [0.15, 0.2) is 17.5 Å². The van der Waals surface area contributed by atoms with Crippen molar-refractivity contribution in [1.82, 2.24) is 19.8 Å². The first kappa shape index (κ1) is 28.6. The van der Waals surface area contributed by atoms with Gasteiger partial charge in [-0.2, -0.15) is 0 Å². The van der Waals surface area contributed by atoms with Crippen molar-refractivity contribution in [2.45, 2.75) is 44.3 Å². The van der Waals surface area contributed by atoms with Crippen LogP contribution in [0, 0.1) is 11.6 Å². The minimum absolute atomic E-state index is 0.236. The number of nitrogens with zero attached hydrogens (tertiary/aromatic N) is 6. The molecule has 0 amide bonds. The lowest BCUT2D eigenvalue weighted by molar-refractivity contribution is 0.0627. The monoisotopic (exact) mass is 579 g/mol. The Morgan fingerprint density at radius 2 is 1.83 bits per heavy atom. The molecule has 1 N–H and O–H groups in total. The molecule has 9 nitrogen and oxygen atoms in total. The second-order valence-electron chi connectivity index (χ2n) is 11.4. The van der Waals surface area contributed by atoms with Crippen molar-refractivity contribution >= 4 is 23.0 Å². The lowest BCUT2D eigenvalue weighted by atomic mass is 10.0. The van der Waals surface area contributed by atoms with Crippen LogP contribution in [0.1, 0.15) is 37.8 Å². The van der Waals surface area contributed by atoms with E-state index in [2.05, 4.69) is 56.1 Å². The molecule has 0 bridgehead atoms. The van der Waals surface area contributed by atoms with E-state index in [-0.39, 0.29) is 5.56 Å². The summed E-state index contributed by atoms with van der Waals surface area (Å²) in [6, 6.07) is 12.8. The average molecular weight is 580 g/mol. The number of methoxy groups -OCH3 is 1. The van der Waals surface area contributed by atoms with E-state index in [0.29, 0.717) is 42.5 Å². The van der Waals surface area contributed by atoms with Gasteiger partial charge in [0.05, 0.1) is 25.4 Å². The normalized spacial score (nSPS) is 22.5. The van der Waals surface area contributed by atoms with Crippen molar-refractivity contribution in [2.75, 3.05) is 68.8 Å². The zero-order valence-corrected chi connectivity index (χ0v) is 24.5. The second-order valence-corrected chi connectivity index (χ2v) is 11.4. The van der Waals surface area contributed by atoms with E-state index >= 15 is 0 Å². The van der Waals surface area contributed by atoms with Gasteiger partial charge in [0, 0.05) is 74.6 Å². The third kappa shape index (κ3) is 5.86. The lowest BCUT2D eigenvalue weighted by Gasteiger charge is -2.45. The van der Waals surface area contributed by atoms with Crippen molar-refractivity contribution < 1.29 is 18.4 Å². The number of piperidine rings is 1. The van der Waals surface area contributed by atoms with Gasteiger partial charge in [-0.25, -0.2) is 23.8 Å². The Hall–Kier alpha value is -3.54. The molecule has 6 rings (SSSR count). The van der Waals surface area contributed by atoms with Gasteiger partial charge < -0.3 is 19.9 Å². The summed E-state index contributed by atoms with van der Waals surface area (Å²) in [4.78, 5) is 22.1. The number of hydroxylamine groups is 1. The highest BCUT2D eigenvalue weighted by Gasteiger charge is 2.32. The molecular weight excluding hydrogens is 540 g/mol. The van der Waals surface area contributed by atoms with Gasteiger partial charge in [0.1, 0.15) is 17.9 Å². The van der Waals surface area contributed by atoms with Gasteiger partial charge in [0.2, 0.25) is 0 Å². The fourth-order valence-electron chi connectivity index (χ4n) is 6.31. The third-order valence-electron chi connectivity index (χ3n) is 8.91. The van der Waals surface area contributed by atoms with E-state index < -0.39 is 17.7 Å². The van der Waals surface area contributed by atoms with E-state index in [1.807, 2.05) is 6.07 Å². The molecule has 0 saturated carbocycles. The fourth-order valence-corrected chi connectivity index (χ4v) is 6.31. The Morgan fingerprint density at radius 1 is 1.00 bits per heavy atom. The van der Waals surface area contributed by atoms with Crippen LogP contribution in [0.3, 0.4) is 0 Å². The molecule has 0 radical (unpaired) electrons. The van der Waals surface area contributed by atoms with E-state index in [1.54, 1.807) is 19.2 Å². The second kappa shape index (κ2) is 12.4. The summed E-state index contributed by atoms with van der Waals surface area (Å²) in [5, 5.41) is 4.85. The Balaban J connectivity index is 1.12. The molecule has 2 atom stereocenters. The molecule has 3 aliphatic rings. The van der Waals surface area contributed by atoms with Crippen molar-refractivity contribution in [3.63, 3.8) is 0 Å². The van der Waals surface area contributed by atoms with E-state index in [4.69, 9.17) is 9.57 Å². The van der Waals surface area contributed by atoms with Gasteiger partial charge in [0.25, 0.3) is 0 Å². The zero-order chi connectivity index (χ0) is 29.2. The number of hydrogen-bond donors (Lipinski definition) is 1. The number of likely N-dealkylation sites (N-methyl/N-ethyl adjacent to an activating group) is 1. The molecule has 0 unspecified atom stereocenters. The predicted octanol–water partition coefficient (Wildman–Crippen LogP) is 4.99. The number of hydrogen-bond acceptors (Lipinski definition) is 9. The number of rotatable bonds is 7. The first-order valence-corrected chi connectivity index (χ1v) is 14.7. The standard InChI is InChI=1S/C31H39F2N7O2/c1-21-19-39(15-14-37(21)2)22-9-12-38(13-10-22)23-7-8-26(28(17-23)41-3)36-29-18-30(35-20-34-29)40-27(11-16-42-40)24-5-4-6-25(32)31(24)33/h4-8,17-18,20-22,27H,9-16,19H2,1-3H3,(H,34,35,36)/t21-,27+/m0/s1. The summed E-state index contributed by atoms with van der Waals surface area (Å²) in [6.45, 7) is 8.14. The Labute approximate surface area is 246 Å². The first-order valence-electron chi connectivity index (χ1n) is 14.7. The SMILES string of the molecule is COc1cc(N2CCC(N3CCN(C)[C@@H](C)C3)CC2)ccc1Nc1cc(N2OCC[C@@H]2c2cccc(F)c2F)ncn1. The lowest BCUT2D eigenvalue weighted by Crippen LogP contribution is -2.55. The Bertz CT molecular complexity index is 1390. The smallest absolute Gasteiger partial charge is 0.164 e. The van der Waals surface area contributed by atoms with Crippen molar-refractivity contribution in [1.29, 1.82) is 0 Å². The first-order chi connectivity index (χ1) is 20.4. The van der Waals surface area contributed by atoms with Crippen LogP contribution in [0.15, 0.2) is 48.8 Å². The van der Waals surface area contributed by atoms with Crippen LogP contribution < -0.4 is 20.0 Å². The van der Waals surface area contributed by atoms with Crippen LogP contribution in [0.2, 0.25) is 0 Å². The van der Waals surface area contributed by atoms with E-state index in [1.165, 1.54) is 17.5 Å². The molecule has 3 aliphatic heterocycles. The molecular formula is C31H39F2N7O2. The van der Waals surface area contributed by atoms with Crippen LogP contribution in [0.25, 0.3) is 0 Å². The molecule has 3 saturated heterocycles. The molecule has 4 heterocycles. The summed E-state index contributed by atoms with van der Waals surface area (Å²) in [7, 11) is 3.88. The summed E-state index contributed by atoms with van der Waals surface area (Å²) in [5.41, 5.74) is 2.14. The number of ether oxygens (including phenoxy) is 1. The molecule has 1 aromatic heterocycles. The molecule has 2 aromatic carbocycles. The Morgan fingerprint density at radius 3 is 2.62 bits per heavy atom. The maximum absolute atomic E-state index is 14.6. The van der Waals surface area contributed by atoms with Crippen LogP contribution in [0.4, 0.5) is 31.8 Å². The molecule has 3 aromatic rings. The fraction of sp³-hybridized carbons (Fsp3) is 0.484. The molecule has 42 heavy (non-hydrogen) atoms. The topological polar surface area (TPSA) is 69.2 Å². The van der Waals surface area contributed by atoms with Gasteiger partial charge in [-0.05, 0) is 45.0 Å². The van der Waals surface area contributed by atoms with Crippen molar-refractivity contribution in [3.8, 4) is 5.75 Å². The number of piperazine rings is 1. The number of halogens is 2. The summed E-state index contributed by atoms with van der Waals surface area (Å²) in [5.74, 6) is -0.0590. The minimum Gasteiger partial charge on any atom is -0.494 e. The van der Waals surface area contributed by atoms with Crippen LogP contribution in [0.5, 0.6) is 5.75 Å². The van der Waals surface area contributed by atoms with E-state index in [0.717, 1.165) is 63.0 Å². The maximum atomic E-state index is 14.6. The van der Waals surface area contributed by atoms with Gasteiger partial charge in [-0.1, -0.05) is 12.1 Å². The summed E-state index contributed by atoms with van der Waals surface area (Å²) >= 11 is 0. The highest BCUT2D eigenvalue weighted by molar-refractivity contribution is 5.70. The molecule has 0 spiro atoms. The highest BCUT2D eigenvalue weighted by atomic mass is 19.2. The highest BCUT2D eigenvalue weighted by Crippen LogP contribution is 2.37. The largest absolute Gasteiger partial charge is 0.494 e. The number of aromatic nitrogens is 2. The number of anilines is 4. The minimum atomic E-state index is -0.881. The van der Waals surface area contributed by atoms with Crippen LogP contribution >= 0.6 is 0 Å². The molecule has 3 fully saturated rings. The summed E-state index contributed by atoms with van der Waals surface area (Å²) < 4.78 is 34.2. The third-order valence-corrected chi connectivity index (χ3v) is 8.91. The van der Waals surface area contributed by atoms with Gasteiger partial charge in [-0.15, -0.1) is 0 Å². The predicted molar refractivity (Wildman–Crippen MR) is 159 cm³/mol. The van der Waals surface area contributed by atoms with Gasteiger partial charge >= 0.3 is 0 Å². The van der Waals surface area contributed by atoms with E-state index in [9.17, 15) is 8.78 Å². The molecule has 224 valence electrons. The quantitative estimate of drug-likeness (QED) is 0.417. The van der Waals surface area contributed by atoms with Crippen LogP contribution in [-0.4, -0.2) is 85.3 Å². The zero-order valence-electron chi connectivity index (χ0n) is 24.5. The number of benzene rings is 2. The number of nitrogens with one attached hydrogen (secondary N) is 1.